The summed E-state index contributed by atoms with van der Waals surface area (Å²) in [6.45, 7) is 4.59. The molecule has 0 aliphatic heterocycles. The van der Waals surface area contributed by atoms with Crippen LogP contribution in [-0.4, -0.2) is 15.0 Å². The van der Waals surface area contributed by atoms with E-state index in [0.29, 0.717) is 6.54 Å². The highest BCUT2D eigenvalue weighted by atomic mass is 32.1. The van der Waals surface area contributed by atoms with Gasteiger partial charge in [-0.25, -0.2) is 4.68 Å². The van der Waals surface area contributed by atoms with E-state index in [9.17, 15) is 0 Å². The van der Waals surface area contributed by atoms with Gasteiger partial charge in [0.15, 0.2) is 0 Å². The van der Waals surface area contributed by atoms with Gasteiger partial charge in [0, 0.05) is 6.54 Å². The van der Waals surface area contributed by atoms with Crippen LogP contribution in [0.1, 0.15) is 16.8 Å². The van der Waals surface area contributed by atoms with Crippen molar-refractivity contribution in [3.8, 4) is 16.3 Å². The van der Waals surface area contributed by atoms with Crippen molar-refractivity contribution in [3.05, 3.63) is 52.5 Å². The Morgan fingerprint density at radius 1 is 1.20 bits per heavy atom. The van der Waals surface area contributed by atoms with E-state index in [-0.39, 0.29) is 0 Å². The summed E-state index contributed by atoms with van der Waals surface area (Å²) >= 11 is 1.67. The lowest BCUT2D eigenvalue weighted by atomic mass is 10.1. The van der Waals surface area contributed by atoms with Crippen LogP contribution in [0, 0.1) is 13.8 Å². The van der Waals surface area contributed by atoms with Crippen molar-refractivity contribution in [1.29, 1.82) is 0 Å². The SMILES string of the molecule is Cc1cccc(-n2nnc(CN)c2-c2cccs2)c1C. The Labute approximate surface area is 121 Å². The van der Waals surface area contributed by atoms with Crippen LogP contribution in [0.3, 0.4) is 0 Å². The zero-order chi connectivity index (χ0) is 14.1. The van der Waals surface area contributed by atoms with Gasteiger partial charge in [0.05, 0.1) is 10.6 Å². The molecular formula is C15H16N4S. The highest BCUT2D eigenvalue weighted by Gasteiger charge is 2.17. The van der Waals surface area contributed by atoms with Crippen LogP contribution in [0.2, 0.25) is 0 Å². The molecule has 2 N–H and O–H groups in total. The van der Waals surface area contributed by atoms with Crippen molar-refractivity contribution in [1.82, 2.24) is 15.0 Å². The summed E-state index contributed by atoms with van der Waals surface area (Å²) in [5.41, 5.74) is 11.1. The summed E-state index contributed by atoms with van der Waals surface area (Å²) in [6, 6.07) is 10.3. The van der Waals surface area contributed by atoms with Gasteiger partial charge in [-0.15, -0.1) is 16.4 Å². The molecule has 1 aromatic carbocycles. The minimum absolute atomic E-state index is 0.387. The average Bonchev–Trinajstić information content (AvgIpc) is 3.09. The molecule has 3 aromatic rings. The third-order valence-corrected chi connectivity index (χ3v) is 4.37. The number of hydrogen-bond donors (Lipinski definition) is 1. The highest BCUT2D eigenvalue weighted by molar-refractivity contribution is 7.13. The van der Waals surface area contributed by atoms with Crippen LogP contribution in [0.5, 0.6) is 0 Å². The number of hydrogen-bond acceptors (Lipinski definition) is 4. The van der Waals surface area contributed by atoms with Gasteiger partial charge in [-0.2, -0.15) is 0 Å². The Morgan fingerprint density at radius 2 is 2.05 bits per heavy atom. The lowest BCUT2D eigenvalue weighted by Gasteiger charge is -2.11. The van der Waals surface area contributed by atoms with Crippen LogP contribution < -0.4 is 5.73 Å². The zero-order valence-corrected chi connectivity index (χ0v) is 12.3. The summed E-state index contributed by atoms with van der Waals surface area (Å²) in [6.07, 6.45) is 0. The van der Waals surface area contributed by atoms with E-state index in [1.165, 1.54) is 11.1 Å². The van der Waals surface area contributed by atoms with Crippen LogP contribution in [-0.2, 0) is 6.54 Å². The minimum Gasteiger partial charge on any atom is -0.325 e. The topological polar surface area (TPSA) is 56.7 Å². The molecule has 0 saturated heterocycles. The molecule has 20 heavy (non-hydrogen) atoms. The zero-order valence-electron chi connectivity index (χ0n) is 11.5. The lowest BCUT2D eigenvalue weighted by molar-refractivity contribution is 0.795. The molecule has 2 aromatic heterocycles. The molecule has 4 nitrogen and oxygen atoms in total. The Hall–Kier alpha value is -1.98. The van der Waals surface area contributed by atoms with Crippen molar-refractivity contribution < 1.29 is 0 Å². The van der Waals surface area contributed by atoms with E-state index in [2.05, 4.69) is 47.7 Å². The van der Waals surface area contributed by atoms with Crippen LogP contribution in [0.15, 0.2) is 35.7 Å². The fraction of sp³-hybridized carbons (Fsp3) is 0.200. The van der Waals surface area contributed by atoms with E-state index in [1.54, 1.807) is 11.3 Å². The maximum absolute atomic E-state index is 5.80. The number of benzene rings is 1. The summed E-state index contributed by atoms with van der Waals surface area (Å²) in [7, 11) is 0. The van der Waals surface area contributed by atoms with E-state index < -0.39 is 0 Å². The molecule has 0 aliphatic carbocycles. The molecule has 0 bridgehead atoms. The fourth-order valence-electron chi connectivity index (χ4n) is 2.24. The predicted molar refractivity (Wildman–Crippen MR) is 82.0 cm³/mol. The summed E-state index contributed by atoms with van der Waals surface area (Å²) in [5.74, 6) is 0. The summed E-state index contributed by atoms with van der Waals surface area (Å²) in [4.78, 5) is 1.14. The van der Waals surface area contributed by atoms with E-state index in [1.807, 2.05) is 16.8 Å². The average molecular weight is 284 g/mol. The number of nitrogens with two attached hydrogens (primary N) is 1. The van der Waals surface area contributed by atoms with Gasteiger partial charge in [-0.1, -0.05) is 23.4 Å². The Balaban J connectivity index is 2.25. The fourth-order valence-corrected chi connectivity index (χ4v) is 3.02. The smallest absolute Gasteiger partial charge is 0.109 e. The third-order valence-electron chi connectivity index (χ3n) is 3.49. The van der Waals surface area contributed by atoms with Crippen molar-refractivity contribution in [2.45, 2.75) is 20.4 Å². The minimum atomic E-state index is 0.387. The molecule has 0 saturated carbocycles. The summed E-state index contributed by atoms with van der Waals surface area (Å²) in [5, 5.41) is 10.6. The molecule has 0 spiro atoms. The monoisotopic (exact) mass is 284 g/mol. The second-order valence-electron chi connectivity index (χ2n) is 4.70. The molecular weight excluding hydrogens is 268 g/mol. The van der Waals surface area contributed by atoms with Crippen LogP contribution in [0.4, 0.5) is 0 Å². The predicted octanol–water partition coefficient (Wildman–Crippen LogP) is 3.07. The maximum atomic E-state index is 5.80. The first kappa shape index (κ1) is 13.0. The third kappa shape index (κ3) is 2.05. The molecule has 102 valence electrons. The van der Waals surface area contributed by atoms with Crippen molar-refractivity contribution in [2.75, 3.05) is 0 Å². The second-order valence-corrected chi connectivity index (χ2v) is 5.64. The van der Waals surface area contributed by atoms with Crippen LogP contribution >= 0.6 is 11.3 Å². The van der Waals surface area contributed by atoms with Gasteiger partial charge in [-0.3, -0.25) is 0 Å². The van der Waals surface area contributed by atoms with E-state index in [4.69, 9.17) is 5.73 Å². The molecule has 5 heteroatoms. The number of nitrogens with zero attached hydrogens (tertiary/aromatic N) is 3. The Morgan fingerprint density at radius 3 is 2.75 bits per heavy atom. The number of thiophene rings is 1. The number of rotatable bonds is 3. The van der Waals surface area contributed by atoms with E-state index in [0.717, 1.165) is 22.0 Å². The van der Waals surface area contributed by atoms with Gasteiger partial charge in [-0.05, 0) is 42.5 Å². The first-order valence-electron chi connectivity index (χ1n) is 6.47. The van der Waals surface area contributed by atoms with Crippen LogP contribution in [0.25, 0.3) is 16.3 Å². The Kier molecular flexibility index (Phi) is 3.38. The van der Waals surface area contributed by atoms with Gasteiger partial charge in [0.2, 0.25) is 0 Å². The van der Waals surface area contributed by atoms with Crippen molar-refractivity contribution in [3.63, 3.8) is 0 Å². The van der Waals surface area contributed by atoms with E-state index >= 15 is 0 Å². The second kappa shape index (κ2) is 5.19. The highest BCUT2D eigenvalue weighted by Crippen LogP contribution is 2.30. The molecule has 0 amide bonds. The van der Waals surface area contributed by atoms with Gasteiger partial charge in [0.1, 0.15) is 11.4 Å². The molecule has 2 heterocycles. The van der Waals surface area contributed by atoms with Crippen molar-refractivity contribution in [2.24, 2.45) is 5.73 Å². The molecule has 0 atom stereocenters. The maximum Gasteiger partial charge on any atom is 0.109 e. The lowest BCUT2D eigenvalue weighted by Crippen LogP contribution is -2.04. The standard InChI is InChI=1S/C15H16N4S/c1-10-5-3-6-13(11(10)2)19-15(12(9-16)17-18-19)14-7-4-8-20-14/h3-8H,9,16H2,1-2H3. The Bertz CT molecular complexity index is 728. The number of aromatic nitrogens is 3. The molecule has 0 fully saturated rings. The normalized spacial score (nSPS) is 10.9. The first-order valence-corrected chi connectivity index (χ1v) is 7.35. The molecule has 0 radical (unpaired) electrons. The largest absolute Gasteiger partial charge is 0.325 e. The first-order chi connectivity index (χ1) is 9.72. The van der Waals surface area contributed by atoms with Gasteiger partial charge >= 0.3 is 0 Å². The molecule has 0 aliphatic rings. The molecule has 0 unspecified atom stereocenters. The van der Waals surface area contributed by atoms with Crippen molar-refractivity contribution >= 4 is 11.3 Å². The van der Waals surface area contributed by atoms with Gasteiger partial charge < -0.3 is 5.73 Å². The summed E-state index contributed by atoms with van der Waals surface area (Å²) < 4.78 is 1.90. The van der Waals surface area contributed by atoms with Gasteiger partial charge in [0.25, 0.3) is 0 Å². The quantitative estimate of drug-likeness (QED) is 0.804. The number of aryl methyl sites for hydroxylation is 1. The molecule has 3 rings (SSSR count).